The highest BCUT2D eigenvalue weighted by Crippen LogP contribution is 2.35. The Hall–Kier alpha value is -3.45. The van der Waals surface area contributed by atoms with Gasteiger partial charge in [-0.25, -0.2) is 14.4 Å². The summed E-state index contributed by atoms with van der Waals surface area (Å²) in [7, 11) is 0. The molecule has 4 aliphatic heterocycles. The minimum absolute atomic E-state index is 0.0233. The molecule has 0 bridgehead atoms. The predicted octanol–water partition coefficient (Wildman–Crippen LogP) is -7.24. The van der Waals surface area contributed by atoms with Crippen LogP contribution in [0.5, 0.6) is 0 Å². The molecule has 0 aromatic rings. The van der Waals surface area contributed by atoms with Gasteiger partial charge in [-0.3, -0.25) is 9.59 Å². The van der Waals surface area contributed by atoms with E-state index in [1.807, 2.05) is 0 Å². The highest BCUT2D eigenvalue weighted by atomic mass is 16.8. The number of carboxylic acid groups (broad SMARTS) is 2. The lowest BCUT2D eigenvalue weighted by Gasteiger charge is -2.50. The molecule has 10 unspecified atom stereocenters. The van der Waals surface area contributed by atoms with Crippen molar-refractivity contribution in [2.24, 2.45) is 11.7 Å². The van der Waals surface area contributed by atoms with Crippen LogP contribution in [0.1, 0.15) is 27.7 Å². The minimum Gasteiger partial charge on any atom is -0.479 e. The van der Waals surface area contributed by atoms with Gasteiger partial charge in [0.05, 0.1) is 24.9 Å². The van der Waals surface area contributed by atoms with E-state index in [1.54, 1.807) is 0 Å². The molecule has 3 amide bonds. The molecule has 4 rings (SSSR count). The molecule has 59 heavy (non-hydrogen) atoms. The van der Waals surface area contributed by atoms with Crippen molar-refractivity contribution in [2.75, 3.05) is 26.3 Å². The number of hydrogen-bond donors (Lipinski definition) is 13. The molecule has 26 heteroatoms. The Morgan fingerprint density at radius 1 is 0.627 bits per heavy atom. The van der Waals surface area contributed by atoms with Gasteiger partial charge in [0.15, 0.2) is 31.1 Å². The largest absolute Gasteiger partial charge is 0.479 e. The van der Waals surface area contributed by atoms with Gasteiger partial charge in [0.25, 0.3) is 0 Å². The average molecular weight is 859 g/mol. The van der Waals surface area contributed by atoms with Crippen molar-refractivity contribution in [3.8, 4) is 0 Å². The summed E-state index contributed by atoms with van der Waals surface area (Å²) in [5.74, 6) is -5.98. The molecule has 20 atom stereocenters. The van der Waals surface area contributed by atoms with Crippen LogP contribution in [-0.2, 0) is 57.1 Å². The van der Waals surface area contributed by atoms with E-state index in [2.05, 4.69) is 16.0 Å². The zero-order valence-electron chi connectivity index (χ0n) is 32.3. The molecule has 0 aromatic heterocycles. The van der Waals surface area contributed by atoms with Crippen molar-refractivity contribution >= 4 is 29.8 Å². The maximum absolute atomic E-state index is 12.7. The van der Waals surface area contributed by atoms with E-state index in [1.165, 1.54) is 13.8 Å². The van der Waals surface area contributed by atoms with Gasteiger partial charge in [0.1, 0.15) is 73.7 Å². The Morgan fingerprint density at radius 2 is 1.14 bits per heavy atom. The second kappa shape index (κ2) is 20.9. The fourth-order valence-electron chi connectivity index (χ4n) is 7.15. The van der Waals surface area contributed by atoms with Crippen LogP contribution >= 0.6 is 0 Å². The van der Waals surface area contributed by atoms with Crippen LogP contribution in [0.4, 0.5) is 4.79 Å². The third-order valence-corrected chi connectivity index (χ3v) is 10.2. The standard InChI is InChI=1S/C33H54N4O22/c1-9-17(41)21(45)31(55-23(9)28(47)48)57-25-16(37-12(4)40)30(54-14(19(25)43)8-52-33(51)35-6-5-34)58-26-20(44)22(46)32(59-27(26)29(49)50)56-24-15(36-11(3)39)10(2)53-13(7-38)18(24)42/h9-10,13-27,30-32,38,41-46H,5-8,34H2,1-4H3,(H,35,51)(H,36,39)(H,37,40)(H,47,48)(H,49,50)/t9?,10?,13?,14?,15?,16?,17-,18+,19+,20+,21?,22?,23?,24+,25+,26-,27?,30-,31-,32+/m0/s1. The predicted molar refractivity (Wildman–Crippen MR) is 186 cm³/mol. The van der Waals surface area contributed by atoms with Crippen LogP contribution in [0.3, 0.4) is 0 Å². The van der Waals surface area contributed by atoms with Crippen molar-refractivity contribution in [3.05, 3.63) is 0 Å². The van der Waals surface area contributed by atoms with Gasteiger partial charge in [-0.2, -0.15) is 0 Å². The molecule has 0 radical (unpaired) electrons. The Morgan fingerprint density at radius 3 is 1.68 bits per heavy atom. The number of alkyl carbamates (subject to hydrolysis) is 1. The number of aliphatic carboxylic acids is 2. The van der Waals surface area contributed by atoms with Crippen LogP contribution in [0, 0.1) is 5.92 Å². The van der Waals surface area contributed by atoms with Crippen LogP contribution in [-0.4, -0.2) is 219 Å². The van der Waals surface area contributed by atoms with Gasteiger partial charge in [-0.1, -0.05) is 6.92 Å². The van der Waals surface area contributed by atoms with Crippen molar-refractivity contribution in [3.63, 3.8) is 0 Å². The average Bonchev–Trinajstić information content (AvgIpc) is 3.17. The molecule has 4 heterocycles. The number of nitrogens with two attached hydrogens (primary N) is 1. The summed E-state index contributed by atoms with van der Waals surface area (Å²) in [6, 6.07) is -2.92. The molecule has 4 saturated heterocycles. The van der Waals surface area contributed by atoms with Gasteiger partial charge in [-0.15, -0.1) is 0 Å². The molecular formula is C33H54N4O22. The molecule has 4 aliphatic rings. The summed E-state index contributed by atoms with van der Waals surface area (Å²) in [6.07, 6.45) is -32.4. The van der Waals surface area contributed by atoms with Crippen molar-refractivity contribution < 1.29 is 108 Å². The Balaban J connectivity index is 1.67. The fraction of sp³-hybridized carbons (Fsp3) is 0.848. The van der Waals surface area contributed by atoms with E-state index in [-0.39, 0.29) is 13.1 Å². The number of ether oxygens (including phenoxy) is 8. The zero-order valence-corrected chi connectivity index (χ0v) is 32.3. The van der Waals surface area contributed by atoms with Gasteiger partial charge >= 0.3 is 18.0 Å². The number of rotatable bonds is 15. The van der Waals surface area contributed by atoms with E-state index in [0.717, 1.165) is 13.8 Å². The first-order chi connectivity index (χ1) is 27.7. The van der Waals surface area contributed by atoms with Crippen LogP contribution in [0.2, 0.25) is 0 Å². The Bertz CT molecular complexity index is 1460. The lowest BCUT2D eigenvalue weighted by Crippen LogP contribution is -2.70. The van der Waals surface area contributed by atoms with Crippen LogP contribution in [0.25, 0.3) is 0 Å². The lowest BCUT2D eigenvalue weighted by atomic mass is 9.90. The molecule has 0 aliphatic carbocycles. The van der Waals surface area contributed by atoms with Crippen molar-refractivity contribution in [1.82, 2.24) is 16.0 Å². The van der Waals surface area contributed by atoms with E-state index >= 15 is 0 Å². The summed E-state index contributed by atoms with van der Waals surface area (Å²) in [6.45, 7) is 3.38. The second-order valence-electron chi connectivity index (χ2n) is 14.5. The maximum atomic E-state index is 12.7. The summed E-state index contributed by atoms with van der Waals surface area (Å²) in [5, 5.41) is 104. The van der Waals surface area contributed by atoms with Crippen LogP contribution < -0.4 is 21.7 Å². The monoisotopic (exact) mass is 858 g/mol. The smallest absolute Gasteiger partial charge is 0.407 e. The first-order valence-corrected chi connectivity index (χ1v) is 18.6. The van der Waals surface area contributed by atoms with Gasteiger partial charge in [0.2, 0.25) is 11.8 Å². The third kappa shape index (κ3) is 11.3. The van der Waals surface area contributed by atoms with E-state index in [9.17, 15) is 69.9 Å². The van der Waals surface area contributed by atoms with Gasteiger partial charge in [0, 0.05) is 32.9 Å². The summed E-state index contributed by atoms with van der Waals surface area (Å²) < 4.78 is 45.0. The molecule has 4 fully saturated rings. The molecule has 0 saturated carbocycles. The highest BCUT2D eigenvalue weighted by Gasteiger charge is 2.57. The molecule has 0 aromatic carbocycles. The van der Waals surface area contributed by atoms with E-state index < -0.39 is 165 Å². The van der Waals surface area contributed by atoms with Crippen molar-refractivity contribution in [1.29, 1.82) is 0 Å². The quantitative estimate of drug-likeness (QED) is 0.0727. The number of aliphatic hydroxyl groups is 7. The molecular weight excluding hydrogens is 804 g/mol. The van der Waals surface area contributed by atoms with E-state index in [0.29, 0.717) is 0 Å². The van der Waals surface area contributed by atoms with Crippen molar-refractivity contribution in [2.45, 2.75) is 144 Å². The highest BCUT2D eigenvalue weighted by molar-refractivity contribution is 5.74. The number of carbonyl (C=O) groups excluding carboxylic acids is 3. The normalized spacial score (nSPS) is 42.6. The molecule has 338 valence electrons. The SMILES string of the molecule is CC(=O)NC1C(C)OC(CO)[C@@H](O)[C@@H]1O[C@@H]1OC(C(=O)O)[C@@H](O[C@@H]2OC(COC(=O)NCCN)[C@@H](O)[C@H](O[C@@H]3OC(C(=O)O)C(C)[C@H](O)C3O)C2NC(C)=O)[C@H](O)C1O. The topological polar surface area (TPSA) is 403 Å². The first-order valence-electron chi connectivity index (χ1n) is 18.6. The Kier molecular flexibility index (Phi) is 17.1. The summed E-state index contributed by atoms with van der Waals surface area (Å²) in [5.41, 5.74) is 5.39. The summed E-state index contributed by atoms with van der Waals surface area (Å²) >= 11 is 0. The molecule has 26 nitrogen and oxygen atoms in total. The number of nitrogens with one attached hydrogen (secondary N) is 3. The summed E-state index contributed by atoms with van der Waals surface area (Å²) in [4.78, 5) is 61.5. The number of carbonyl (C=O) groups is 5. The first kappa shape index (κ1) is 48.2. The lowest BCUT2D eigenvalue weighted by molar-refractivity contribution is -0.365. The van der Waals surface area contributed by atoms with Gasteiger partial charge in [-0.05, 0) is 6.92 Å². The van der Waals surface area contributed by atoms with E-state index in [4.69, 9.17) is 43.6 Å². The van der Waals surface area contributed by atoms with Gasteiger partial charge < -0.3 is 106 Å². The Labute approximate surface area is 335 Å². The molecule has 14 N–H and O–H groups in total. The maximum Gasteiger partial charge on any atom is 0.407 e. The number of hydrogen-bond acceptors (Lipinski definition) is 21. The number of amides is 3. The minimum atomic E-state index is -2.27. The van der Waals surface area contributed by atoms with Crippen LogP contribution in [0.15, 0.2) is 0 Å². The zero-order chi connectivity index (χ0) is 44.0. The number of carboxylic acids is 2. The fourth-order valence-corrected chi connectivity index (χ4v) is 7.15. The second-order valence-corrected chi connectivity index (χ2v) is 14.5. The molecule has 0 spiro atoms. The number of aliphatic hydroxyl groups excluding tert-OH is 7. The third-order valence-electron chi connectivity index (χ3n) is 10.2.